The molecule has 0 amide bonds. The fourth-order valence-electron chi connectivity index (χ4n) is 3.95. The zero-order chi connectivity index (χ0) is 20.1. The number of alkyl halides is 3. The van der Waals surface area contributed by atoms with Crippen LogP contribution in [-0.2, 0) is 6.18 Å². The number of aromatic amines is 1. The van der Waals surface area contributed by atoms with E-state index in [0.29, 0.717) is 12.8 Å². The molecule has 2 heterocycles. The normalized spacial score (nSPS) is 16.0. The highest BCUT2D eigenvalue weighted by Crippen LogP contribution is 2.41. The van der Waals surface area contributed by atoms with E-state index in [-0.39, 0.29) is 39.0 Å². The molecule has 1 aliphatic rings. The topological polar surface area (TPSA) is 70.4 Å². The lowest BCUT2D eigenvalue weighted by Gasteiger charge is -2.22. The Morgan fingerprint density at radius 3 is 2.54 bits per heavy atom. The quantitative estimate of drug-likeness (QED) is 0.615. The number of phenolic OH excluding ortho intramolecular Hbond substituents is 1. The average Bonchev–Trinajstić information content (AvgIpc) is 3.04. The molecule has 0 unspecified atom stereocenters. The molecule has 1 aromatic carbocycles. The lowest BCUT2D eigenvalue weighted by Crippen LogP contribution is -2.18. The monoisotopic (exact) mass is 411 g/mol. The summed E-state index contributed by atoms with van der Waals surface area (Å²) in [6.45, 7) is 0. The molecule has 9 heteroatoms. The smallest absolute Gasteiger partial charge is 0.435 e. The summed E-state index contributed by atoms with van der Waals surface area (Å²) in [5.74, 6) is -0.540. The predicted octanol–water partition coefficient (Wildman–Crippen LogP) is 5.12. The van der Waals surface area contributed by atoms with Crippen LogP contribution in [0.4, 0.5) is 13.2 Å². The molecule has 0 saturated heterocycles. The molecule has 1 saturated carbocycles. The zero-order valence-corrected chi connectivity index (χ0v) is 15.4. The maximum Gasteiger partial charge on any atom is 0.435 e. The molecular weight excluding hydrogens is 395 g/mol. The number of phenols is 1. The second-order valence-corrected chi connectivity index (χ2v) is 7.46. The van der Waals surface area contributed by atoms with Gasteiger partial charge in [-0.1, -0.05) is 30.9 Å². The number of hydrogen-bond acceptors (Lipinski definition) is 3. The Kier molecular flexibility index (Phi) is 4.61. The van der Waals surface area contributed by atoms with Crippen molar-refractivity contribution >= 4 is 17.2 Å². The predicted molar refractivity (Wildman–Crippen MR) is 98.8 cm³/mol. The third-order valence-electron chi connectivity index (χ3n) is 5.23. The zero-order valence-electron chi connectivity index (χ0n) is 14.7. The van der Waals surface area contributed by atoms with Crippen molar-refractivity contribution in [2.45, 2.75) is 44.2 Å². The molecule has 1 fully saturated rings. The van der Waals surface area contributed by atoms with Gasteiger partial charge in [0.25, 0.3) is 5.56 Å². The van der Waals surface area contributed by atoms with Crippen LogP contribution in [0.15, 0.2) is 29.2 Å². The van der Waals surface area contributed by atoms with Crippen molar-refractivity contribution in [3.05, 3.63) is 51.0 Å². The van der Waals surface area contributed by atoms with Crippen LogP contribution >= 0.6 is 11.6 Å². The number of rotatable bonds is 2. The highest BCUT2D eigenvalue weighted by molar-refractivity contribution is 6.30. The number of H-pyrrole nitrogens is 1. The first-order valence-electron chi connectivity index (χ1n) is 8.98. The van der Waals surface area contributed by atoms with Gasteiger partial charge < -0.3 is 10.1 Å². The maximum atomic E-state index is 13.7. The molecule has 1 aliphatic carbocycles. The average molecular weight is 412 g/mol. The molecule has 0 atom stereocenters. The number of halogens is 4. The van der Waals surface area contributed by atoms with Crippen molar-refractivity contribution in [1.29, 1.82) is 0 Å². The summed E-state index contributed by atoms with van der Waals surface area (Å²) in [4.78, 5) is 15.7. The minimum Gasteiger partial charge on any atom is -0.507 e. The molecule has 4 rings (SSSR count). The molecule has 0 spiro atoms. The van der Waals surface area contributed by atoms with E-state index in [1.54, 1.807) is 0 Å². The van der Waals surface area contributed by atoms with E-state index in [1.165, 1.54) is 24.4 Å². The third kappa shape index (κ3) is 3.15. The van der Waals surface area contributed by atoms with E-state index in [1.807, 2.05) is 0 Å². The second kappa shape index (κ2) is 6.84. The Morgan fingerprint density at radius 1 is 1.18 bits per heavy atom. The van der Waals surface area contributed by atoms with Gasteiger partial charge in [-0.3, -0.25) is 4.79 Å². The number of nitrogens with zero attached hydrogens (tertiary/aromatic N) is 2. The number of fused-ring (bicyclic) bond motifs is 1. The van der Waals surface area contributed by atoms with Gasteiger partial charge in [-0.2, -0.15) is 22.8 Å². The van der Waals surface area contributed by atoms with Gasteiger partial charge in [0.15, 0.2) is 5.69 Å². The van der Waals surface area contributed by atoms with Gasteiger partial charge in [0.1, 0.15) is 11.4 Å². The van der Waals surface area contributed by atoms with Crippen molar-refractivity contribution in [1.82, 2.24) is 14.6 Å². The van der Waals surface area contributed by atoms with E-state index in [4.69, 9.17) is 11.6 Å². The molecule has 5 nitrogen and oxygen atoms in total. The highest BCUT2D eigenvalue weighted by Gasteiger charge is 2.41. The number of nitrogens with one attached hydrogen (secondary N) is 1. The Hall–Kier alpha value is -2.48. The van der Waals surface area contributed by atoms with Crippen LogP contribution in [0.25, 0.3) is 16.8 Å². The second-order valence-electron chi connectivity index (χ2n) is 7.02. The van der Waals surface area contributed by atoms with Crippen LogP contribution in [0.5, 0.6) is 5.75 Å². The summed E-state index contributed by atoms with van der Waals surface area (Å²) in [7, 11) is 0. The minimum atomic E-state index is -4.67. The van der Waals surface area contributed by atoms with Crippen molar-refractivity contribution < 1.29 is 18.3 Å². The number of aromatic nitrogens is 3. The van der Waals surface area contributed by atoms with Gasteiger partial charge in [0, 0.05) is 22.3 Å². The number of hydrogen-bond donors (Lipinski definition) is 2. The molecule has 0 radical (unpaired) electrons. The first-order valence-corrected chi connectivity index (χ1v) is 9.35. The van der Waals surface area contributed by atoms with E-state index in [0.717, 1.165) is 23.8 Å². The van der Waals surface area contributed by atoms with Gasteiger partial charge >= 0.3 is 6.18 Å². The molecule has 0 bridgehead atoms. The van der Waals surface area contributed by atoms with E-state index >= 15 is 0 Å². The minimum absolute atomic E-state index is 0.00749. The summed E-state index contributed by atoms with van der Waals surface area (Å²) in [5.41, 5.74) is -1.48. The van der Waals surface area contributed by atoms with Crippen LogP contribution in [0, 0.1) is 0 Å². The fraction of sp³-hybridized carbons (Fsp3) is 0.368. The van der Waals surface area contributed by atoms with Crippen molar-refractivity contribution in [3.8, 4) is 16.9 Å². The van der Waals surface area contributed by atoms with E-state index in [9.17, 15) is 23.1 Å². The fourth-order valence-corrected chi connectivity index (χ4v) is 4.11. The molecule has 28 heavy (non-hydrogen) atoms. The van der Waals surface area contributed by atoms with Crippen LogP contribution in [0.1, 0.15) is 49.3 Å². The summed E-state index contributed by atoms with van der Waals surface area (Å²) in [5, 5.41) is 14.0. The van der Waals surface area contributed by atoms with Crippen LogP contribution in [-0.4, -0.2) is 19.7 Å². The summed E-state index contributed by atoms with van der Waals surface area (Å²) < 4.78 is 41.7. The third-order valence-corrected chi connectivity index (χ3v) is 5.47. The van der Waals surface area contributed by atoms with Crippen LogP contribution < -0.4 is 5.56 Å². The molecule has 0 aliphatic heterocycles. The lowest BCUT2D eigenvalue weighted by atomic mass is 9.84. The SMILES string of the molecule is O=c1c(-c2ccc(Cl)cc2O)c[nH]c2c(C3CCCCC3)c(C(F)(F)F)nn12. The number of benzene rings is 1. The highest BCUT2D eigenvalue weighted by atomic mass is 35.5. The van der Waals surface area contributed by atoms with Crippen LogP contribution in [0.2, 0.25) is 5.02 Å². The van der Waals surface area contributed by atoms with Gasteiger partial charge in [0.05, 0.1) is 5.56 Å². The number of aromatic hydroxyl groups is 1. The molecule has 2 aromatic heterocycles. The van der Waals surface area contributed by atoms with Crippen LogP contribution in [0.3, 0.4) is 0 Å². The molecular formula is C19H17ClF3N3O2. The summed E-state index contributed by atoms with van der Waals surface area (Å²) in [6, 6.07) is 4.18. The Morgan fingerprint density at radius 2 is 1.89 bits per heavy atom. The molecule has 148 valence electrons. The first-order chi connectivity index (χ1) is 13.3. The standard InChI is InChI=1S/C19H17ClF3N3O2/c20-11-6-7-12(14(27)8-11)13-9-24-17-15(10-4-2-1-3-5-10)16(19(21,22)23)25-26(17)18(13)28/h6-10,24,27H,1-5H2. The van der Waals surface area contributed by atoms with Gasteiger partial charge in [0.2, 0.25) is 0 Å². The van der Waals surface area contributed by atoms with E-state index < -0.39 is 17.4 Å². The molecule has 3 aromatic rings. The maximum absolute atomic E-state index is 13.7. The van der Waals surface area contributed by atoms with Crippen molar-refractivity contribution in [3.63, 3.8) is 0 Å². The lowest BCUT2D eigenvalue weighted by molar-refractivity contribution is -0.142. The summed E-state index contributed by atoms with van der Waals surface area (Å²) >= 11 is 5.81. The Bertz CT molecular complexity index is 1100. The van der Waals surface area contributed by atoms with E-state index in [2.05, 4.69) is 10.1 Å². The largest absolute Gasteiger partial charge is 0.507 e. The Balaban J connectivity index is 1.95. The van der Waals surface area contributed by atoms with Gasteiger partial charge in [-0.15, -0.1) is 0 Å². The van der Waals surface area contributed by atoms with Crippen molar-refractivity contribution in [2.75, 3.05) is 0 Å². The molecule has 2 N–H and O–H groups in total. The summed E-state index contributed by atoms with van der Waals surface area (Å²) in [6.07, 6.45) is 0.600. The van der Waals surface area contributed by atoms with Gasteiger partial charge in [-0.25, -0.2) is 0 Å². The Labute approximate surface area is 162 Å². The van der Waals surface area contributed by atoms with Gasteiger partial charge in [-0.05, 0) is 37.0 Å². The van der Waals surface area contributed by atoms with Crippen molar-refractivity contribution in [2.24, 2.45) is 0 Å². The first kappa shape index (κ1) is 18.9.